The number of aromatic nitrogens is 2. The Hall–Kier alpha value is -1.81. The average molecular weight is 487 g/mol. The second-order valence-electron chi connectivity index (χ2n) is 11.1. The number of ether oxygens (including phenoxy) is 3. The first kappa shape index (κ1) is 21.5. The van der Waals surface area contributed by atoms with Gasteiger partial charge in [0.05, 0.1) is 32.9 Å². The lowest BCUT2D eigenvalue weighted by Crippen LogP contribution is -2.62. The van der Waals surface area contributed by atoms with Gasteiger partial charge in [0, 0.05) is 17.0 Å². The smallest absolute Gasteiger partial charge is 0.208 e. The molecule has 5 aliphatic rings. The summed E-state index contributed by atoms with van der Waals surface area (Å²) < 4.78 is 32.3. The van der Waals surface area contributed by atoms with Gasteiger partial charge in [-0.25, -0.2) is 4.39 Å². The highest BCUT2D eigenvalue weighted by Crippen LogP contribution is 2.49. The van der Waals surface area contributed by atoms with E-state index in [4.69, 9.17) is 14.2 Å². The van der Waals surface area contributed by atoms with Crippen molar-refractivity contribution in [3.63, 3.8) is 0 Å². The first-order valence-corrected chi connectivity index (χ1v) is 13.4. The summed E-state index contributed by atoms with van der Waals surface area (Å²) in [5.41, 5.74) is 3.17. The first-order valence-electron chi connectivity index (χ1n) is 12.5. The van der Waals surface area contributed by atoms with E-state index in [0.717, 1.165) is 94.5 Å². The SMILES string of the molecule is Fc1ccc(OC2CC3(COC3)C2)c(C2CCN(C3COC4(C3)CN(c3nncs3)C4)CC2)c1. The zero-order chi connectivity index (χ0) is 22.8. The van der Waals surface area contributed by atoms with Crippen LogP contribution in [0.3, 0.4) is 0 Å². The van der Waals surface area contributed by atoms with Gasteiger partial charge in [-0.15, -0.1) is 10.2 Å². The molecular formula is C25H31FN4O3S. The number of piperidine rings is 1. The Morgan fingerprint density at radius 2 is 1.94 bits per heavy atom. The lowest BCUT2D eigenvalue weighted by molar-refractivity contribution is -0.191. The third-order valence-electron chi connectivity index (χ3n) is 8.66. The normalized spacial score (nSPS) is 28.6. The maximum atomic E-state index is 14.2. The molecule has 0 N–H and O–H groups in total. The van der Waals surface area contributed by atoms with Crippen molar-refractivity contribution < 1.29 is 18.6 Å². The Morgan fingerprint density at radius 3 is 2.65 bits per heavy atom. The van der Waals surface area contributed by atoms with Crippen LogP contribution in [-0.2, 0) is 9.47 Å². The predicted molar refractivity (Wildman–Crippen MR) is 126 cm³/mol. The fourth-order valence-corrected chi connectivity index (χ4v) is 7.24. The van der Waals surface area contributed by atoms with Crippen molar-refractivity contribution in [2.75, 3.05) is 50.9 Å². The van der Waals surface area contributed by atoms with Crippen LogP contribution in [0.15, 0.2) is 23.7 Å². The van der Waals surface area contributed by atoms with Gasteiger partial charge in [-0.05, 0) is 69.3 Å². The molecule has 9 heteroatoms. The molecule has 4 saturated heterocycles. The summed E-state index contributed by atoms with van der Waals surface area (Å²) >= 11 is 1.59. The molecule has 5 fully saturated rings. The summed E-state index contributed by atoms with van der Waals surface area (Å²) in [6.07, 6.45) is 5.49. The van der Waals surface area contributed by atoms with Crippen LogP contribution >= 0.6 is 11.3 Å². The van der Waals surface area contributed by atoms with Crippen LogP contribution in [-0.4, -0.2) is 78.8 Å². The van der Waals surface area contributed by atoms with E-state index in [1.54, 1.807) is 22.9 Å². The highest BCUT2D eigenvalue weighted by Gasteiger charge is 2.52. The van der Waals surface area contributed by atoms with Crippen molar-refractivity contribution in [3.05, 3.63) is 35.1 Å². The van der Waals surface area contributed by atoms with Crippen LogP contribution in [0.1, 0.15) is 43.6 Å². The van der Waals surface area contributed by atoms with Crippen LogP contribution in [0.25, 0.3) is 0 Å². The van der Waals surface area contributed by atoms with E-state index in [-0.39, 0.29) is 17.5 Å². The van der Waals surface area contributed by atoms with Gasteiger partial charge in [0.1, 0.15) is 28.8 Å². The van der Waals surface area contributed by atoms with Gasteiger partial charge < -0.3 is 19.1 Å². The largest absolute Gasteiger partial charge is 0.490 e. The minimum Gasteiger partial charge on any atom is -0.490 e. The zero-order valence-electron chi connectivity index (χ0n) is 19.3. The lowest BCUT2D eigenvalue weighted by atomic mass is 9.65. The number of likely N-dealkylation sites (tertiary alicyclic amines) is 1. The van der Waals surface area contributed by atoms with Crippen molar-refractivity contribution in [1.82, 2.24) is 15.1 Å². The summed E-state index contributed by atoms with van der Waals surface area (Å²) in [5, 5.41) is 9.12. The molecule has 7 rings (SSSR count). The van der Waals surface area contributed by atoms with Crippen LogP contribution in [0, 0.1) is 11.2 Å². The Bertz CT molecular complexity index is 1030. The summed E-state index contributed by atoms with van der Waals surface area (Å²) in [7, 11) is 0. The molecule has 0 radical (unpaired) electrons. The molecule has 7 nitrogen and oxygen atoms in total. The molecule has 0 bridgehead atoms. The van der Waals surface area contributed by atoms with E-state index in [1.165, 1.54) is 6.07 Å². The van der Waals surface area contributed by atoms with Crippen LogP contribution in [0.5, 0.6) is 5.75 Å². The van der Waals surface area contributed by atoms with Crippen LogP contribution < -0.4 is 9.64 Å². The maximum Gasteiger partial charge on any atom is 0.208 e. The number of benzene rings is 1. The molecule has 2 spiro atoms. The number of anilines is 1. The molecular weight excluding hydrogens is 455 g/mol. The van der Waals surface area contributed by atoms with E-state index in [9.17, 15) is 4.39 Å². The molecule has 1 atom stereocenters. The van der Waals surface area contributed by atoms with E-state index in [1.807, 2.05) is 6.07 Å². The number of halogens is 1. The molecule has 34 heavy (non-hydrogen) atoms. The molecule has 182 valence electrons. The number of nitrogens with zero attached hydrogens (tertiary/aromatic N) is 4. The first-order chi connectivity index (χ1) is 16.6. The average Bonchev–Trinajstić information content (AvgIpc) is 3.45. The quantitative estimate of drug-likeness (QED) is 0.642. The summed E-state index contributed by atoms with van der Waals surface area (Å²) in [5.74, 6) is 1.06. The van der Waals surface area contributed by atoms with Gasteiger partial charge in [-0.1, -0.05) is 11.3 Å². The van der Waals surface area contributed by atoms with Gasteiger partial charge in [0.2, 0.25) is 5.13 Å². The topological polar surface area (TPSA) is 60.0 Å². The fraction of sp³-hybridized carbons (Fsp3) is 0.680. The molecule has 1 aromatic heterocycles. The fourth-order valence-electron chi connectivity index (χ4n) is 6.68. The Morgan fingerprint density at radius 1 is 1.12 bits per heavy atom. The zero-order valence-corrected chi connectivity index (χ0v) is 20.1. The monoisotopic (exact) mass is 486 g/mol. The highest BCUT2D eigenvalue weighted by atomic mass is 32.1. The predicted octanol–water partition coefficient (Wildman–Crippen LogP) is 3.46. The molecule has 1 aromatic carbocycles. The van der Waals surface area contributed by atoms with Crippen molar-refractivity contribution >= 4 is 16.5 Å². The lowest BCUT2D eigenvalue weighted by Gasteiger charge is -2.52. The standard InChI is InChI=1S/C25H31FN4O3S/c26-18-1-2-22(33-20-9-24(10-20)14-31-15-24)21(7-18)17-3-5-29(6-4-17)19-8-25(32-11-19)12-30(13-25)23-28-27-16-34-23/h1-2,7,16-17,19-20H,3-6,8-15H2. The van der Waals surface area contributed by atoms with E-state index >= 15 is 0 Å². The van der Waals surface area contributed by atoms with Gasteiger partial charge in [0.25, 0.3) is 0 Å². The molecule has 5 heterocycles. The Balaban J connectivity index is 0.950. The van der Waals surface area contributed by atoms with E-state index in [0.29, 0.717) is 17.4 Å². The van der Waals surface area contributed by atoms with Gasteiger partial charge in [-0.3, -0.25) is 4.90 Å². The molecule has 1 unspecified atom stereocenters. The second kappa shape index (κ2) is 8.11. The minimum absolute atomic E-state index is 0.0254. The highest BCUT2D eigenvalue weighted by molar-refractivity contribution is 7.13. The van der Waals surface area contributed by atoms with Crippen molar-refractivity contribution in [3.8, 4) is 5.75 Å². The van der Waals surface area contributed by atoms with Gasteiger partial charge in [0.15, 0.2) is 0 Å². The Kier molecular flexibility index (Phi) is 5.12. The number of rotatable bonds is 5. The minimum atomic E-state index is -0.168. The third-order valence-corrected chi connectivity index (χ3v) is 9.41. The second-order valence-corrected chi connectivity index (χ2v) is 11.9. The van der Waals surface area contributed by atoms with Crippen molar-refractivity contribution in [2.24, 2.45) is 5.41 Å². The third kappa shape index (κ3) is 3.72. The number of hydrogen-bond acceptors (Lipinski definition) is 8. The summed E-state index contributed by atoms with van der Waals surface area (Å²) in [6, 6.07) is 5.56. The number of hydrogen-bond donors (Lipinski definition) is 0. The maximum absolute atomic E-state index is 14.2. The molecule has 1 aliphatic carbocycles. The Labute approximate surface area is 203 Å². The molecule has 4 aliphatic heterocycles. The molecule has 0 amide bonds. The van der Waals surface area contributed by atoms with E-state index < -0.39 is 0 Å². The molecule has 2 aromatic rings. The van der Waals surface area contributed by atoms with Gasteiger partial charge in [-0.2, -0.15) is 0 Å². The summed E-state index contributed by atoms with van der Waals surface area (Å²) in [6.45, 7) is 6.41. The van der Waals surface area contributed by atoms with Gasteiger partial charge >= 0.3 is 0 Å². The van der Waals surface area contributed by atoms with Crippen LogP contribution in [0.2, 0.25) is 0 Å². The van der Waals surface area contributed by atoms with E-state index in [2.05, 4.69) is 20.0 Å². The van der Waals surface area contributed by atoms with Crippen molar-refractivity contribution in [1.29, 1.82) is 0 Å². The van der Waals surface area contributed by atoms with Crippen LogP contribution in [0.4, 0.5) is 9.52 Å². The summed E-state index contributed by atoms with van der Waals surface area (Å²) in [4.78, 5) is 4.85. The van der Waals surface area contributed by atoms with Crippen molar-refractivity contribution in [2.45, 2.75) is 55.8 Å². The molecule has 1 saturated carbocycles.